The lowest BCUT2D eigenvalue weighted by atomic mass is 10.1. The van der Waals surface area contributed by atoms with Crippen molar-refractivity contribution in [1.29, 1.82) is 0 Å². The minimum Gasteiger partial charge on any atom is -0.306 e. The minimum absolute atomic E-state index is 0.503. The lowest BCUT2D eigenvalue weighted by Crippen LogP contribution is -2.31. The second kappa shape index (κ2) is 5.76. The molecular formula is C15H17Cl2N3. The van der Waals surface area contributed by atoms with Crippen molar-refractivity contribution in [2.24, 2.45) is 0 Å². The third kappa shape index (κ3) is 2.85. The smallest absolute Gasteiger partial charge is 0.0923 e. The molecule has 0 radical (unpaired) electrons. The molecule has 0 saturated carbocycles. The summed E-state index contributed by atoms with van der Waals surface area (Å²) in [7, 11) is 2.17. The zero-order valence-corrected chi connectivity index (χ0v) is 12.9. The molecule has 3 rings (SSSR count). The number of halogens is 2. The second-order valence-electron chi connectivity index (χ2n) is 5.34. The van der Waals surface area contributed by atoms with E-state index in [9.17, 15) is 0 Å². The summed E-state index contributed by atoms with van der Waals surface area (Å²) in [6, 6.07) is 8.18. The largest absolute Gasteiger partial charge is 0.306 e. The van der Waals surface area contributed by atoms with E-state index in [1.54, 1.807) is 0 Å². The van der Waals surface area contributed by atoms with E-state index in [-0.39, 0.29) is 0 Å². The summed E-state index contributed by atoms with van der Waals surface area (Å²) < 4.78 is 2.09. The van der Waals surface area contributed by atoms with E-state index in [1.165, 1.54) is 0 Å². The molecule has 2 aromatic rings. The Morgan fingerprint density at radius 2 is 1.85 bits per heavy atom. The Balaban J connectivity index is 1.81. The predicted octanol–water partition coefficient (Wildman–Crippen LogP) is 4.12. The highest BCUT2D eigenvalue weighted by molar-refractivity contribution is 6.42. The molecule has 3 nitrogen and oxygen atoms in total. The summed E-state index contributed by atoms with van der Waals surface area (Å²) in [5.74, 6) is 0. The molecule has 0 bridgehead atoms. The standard InChI is InChI=1S/C15H17Cl2N3/c1-19-7-4-12(5-8-19)20-9-6-15(18-20)11-2-3-13(16)14(17)10-11/h2-3,6,9-10,12H,4-5,7-8H2,1H3. The maximum Gasteiger partial charge on any atom is 0.0923 e. The van der Waals surface area contributed by atoms with Gasteiger partial charge in [0.05, 0.1) is 21.8 Å². The first-order valence-corrected chi connectivity index (χ1v) is 7.58. The van der Waals surface area contributed by atoms with Crippen LogP contribution in [0.4, 0.5) is 0 Å². The topological polar surface area (TPSA) is 21.1 Å². The van der Waals surface area contributed by atoms with Crippen LogP contribution in [-0.4, -0.2) is 34.8 Å². The van der Waals surface area contributed by atoms with Crippen molar-refractivity contribution in [2.45, 2.75) is 18.9 Å². The molecule has 0 N–H and O–H groups in total. The first-order chi connectivity index (χ1) is 9.63. The molecule has 1 fully saturated rings. The summed E-state index contributed by atoms with van der Waals surface area (Å²) in [4.78, 5) is 2.36. The Hall–Kier alpha value is -1.03. The summed E-state index contributed by atoms with van der Waals surface area (Å²) >= 11 is 12.0. The average Bonchev–Trinajstić information content (AvgIpc) is 2.92. The van der Waals surface area contributed by atoms with Crippen molar-refractivity contribution in [2.75, 3.05) is 20.1 Å². The number of hydrogen-bond acceptors (Lipinski definition) is 2. The molecular weight excluding hydrogens is 293 g/mol. The Morgan fingerprint density at radius 3 is 2.55 bits per heavy atom. The molecule has 20 heavy (non-hydrogen) atoms. The third-order valence-electron chi connectivity index (χ3n) is 3.89. The Labute approximate surface area is 129 Å². The van der Waals surface area contributed by atoms with Crippen molar-refractivity contribution >= 4 is 23.2 Å². The molecule has 0 spiro atoms. The first kappa shape index (κ1) is 13.9. The van der Waals surface area contributed by atoms with Crippen LogP contribution in [0.25, 0.3) is 11.3 Å². The SMILES string of the molecule is CN1CCC(n2ccc(-c3ccc(Cl)c(Cl)c3)n2)CC1. The predicted molar refractivity (Wildman–Crippen MR) is 83.5 cm³/mol. The Kier molecular flexibility index (Phi) is 4.01. The molecule has 1 aliphatic heterocycles. The number of nitrogens with zero attached hydrogens (tertiary/aromatic N) is 3. The molecule has 2 heterocycles. The van der Waals surface area contributed by atoms with Crippen LogP contribution in [0.2, 0.25) is 10.0 Å². The van der Waals surface area contributed by atoms with Gasteiger partial charge in [-0.3, -0.25) is 4.68 Å². The molecule has 0 unspecified atom stereocenters. The van der Waals surface area contributed by atoms with Gasteiger partial charge in [-0.15, -0.1) is 0 Å². The van der Waals surface area contributed by atoms with Crippen LogP contribution < -0.4 is 0 Å². The zero-order chi connectivity index (χ0) is 14.1. The van der Waals surface area contributed by atoms with Gasteiger partial charge >= 0.3 is 0 Å². The number of rotatable bonds is 2. The van der Waals surface area contributed by atoms with Crippen LogP contribution in [0.1, 0.15) is 18.9 Å². The van der Waals surface area contributed by atoms with Gasteiger partial charge < -0.3 is 4.90 Å². The Morgan fingerprint density at radius 1 is 1.10 bits per heavy atom. The lowest BCUT2D eigenvalue weighted by molar-refractivity contribution is 0.212. The quantitative estimate of drug-likeness (QED) is 0.832. The van der Waals surface area contributed by atoms with Crippen LogP contribution in [0, 0.1) is 0 Å². The highest BCUT2D eigenvalue weighted by Gasteiger charge is 2.19. The highest BCUT2D eigenvalue weighted by Crippen LogP contribution is 2.29. The van der Waals surface area contributed by atoms with Crippen molar-refractivity contribution in [1.82, 2.24) is 14.7 Å². The fraction of sp³-hybridized carbons (Fsp3) is 0.400. The van der Waals surface area contributed by atoms with Crippen LogP contribution in [0.3, 0.4) is 0 Å². The minimum atomic E-state index is 0.503. The maximum atomic E-state index is 6.06. The summed E-state index contributed by atoms with van der Waals surface area (Å²) in [6.45, 7) is 2.26. The van der Waals surface area contributed by atoms with Gasteiger partial charge in [0.1, 0.15) is 0 Å². The van der Waals surface area contributed by atoms with E-state index in [0.717, 1.165) is 37.2 Å². The van der Waals surface area contributed by atoms with E-state index in [0.29, 0.717) is 16.1 Å². The fourth-order valence-electron chi connectivity index (χ4n) is 2.61. The van der Waals surface area contributed by atoms with Crippen molar-refractivity contribution in [3.8, 4) is 11.3 Å². The van der Waals surface area contributed by atoms with Crippen molar-refractivity contribution in [3.05, 3.63) is 40.5 Å². The van der Waals surface area contributed by atoms with Gasteiger partial charge in [-0.1, -0.05) is 29.3 Å². The number of aromatic nitrogens is 2. The monoisotopic (exact) mass is 309 g/mol. The average molecular weight is 310 g/mol. The highest BCUT2D eigenvalue weighted by atomic mass is 35.5. The maximum absolute atomic E-state index is 6.06. The molecule has 1 aromatic heterocycles. The van der Waals surface area contributed by atoms with Gasteiger partial charge in [-0.05, 0) is 51.2 Å². The molecule has 1 saturated heterocycles. The summed E-state index contributed by atoms with van der Waals surface area (Å²) in [6.07, 6.45) is 4.37. The van der Waals surface area contributed by atoms with E-state index < -0.39 is 0 Å². The number of benzene rings is 1. The van der Waals surface area contributed by atoms with Crippen LogP contribution in [0.15, 0.2) is 30.5 Å². The molecule has 5 heteroatoms. The van der Waals surface area contributed by atoms with Gasteiger partial charge in [-0.2, -0.15) is 5.10 Å². The summed E-state index contributed by atoms with van der Waals surface area (Å²) in [5, 5.41) is 5.84. The summed E-state index contributed by atoms with van der Waals surface area (Å²) in [5.41, 5.74) is 1.95. The fourth-order valence-corrected chi connectivity index (χ4v) is 2.91. The van der Waals surface area contributed by atoms with Crippen LogP contribution in [-0.2, 0) is 0 Å². The van der Waals surface area contributed by atoms with Gasteiger partial charge in [0, 0.05) is 11.8 Å². The van der Waals surface area contributed by atoms with Gasteiger partial charge in [0.2, 0.25) is 0 Å². The zero-order valence-electron chi connectivity index (χ0n) is 11.4. The molecule has 0 aliphatic carbocycles. The molecule has 1 aromatic carbocycles. The molecule has 106 valence electrons. The number of piperidine rings is 1. The third-order valence-corrected chi connectivity index (χ3v) is 4.62. The molecule has 0 atom stereocenters. The van der Waals surface area contributed by atoms with Crippen LogP contribution >= 0.6 is 23.2 Å². The first-order valence-electron chi connectivity index (χ1n) is 6.82. The number of likely N-dealkylation sites (tertiary alicyclic amines) is 1. The lowest BCUT2D eigenvalue weighted by Gasteiger charge is -2.29. The normalized spacial score (nSPS) is 17.6. The van der Waals surface area contributed by atoms with E-state index in [4.69, 9.17) is 28.3 Å². The Bertz CT molecular complexity index is 601. The van der Waals surface area contributed by atoms with Gasteiger partial charge in [0.25, 0.3) is 0 Å². The van der Waals surface area contributed by atoms with E-state index >= 15 is 0 Å². The second-order valence-corrected chi connectivity index (χ2v) is 6.16. The molecule has 1 aliphatic rings. The van der Waals surface area contributed by atoms with Crippen molar-refractivity contribution < 1.29 is 0 Å². The van der Waals surface area contributed by atoms with E-state index in [1.807, 2.05) is 24.3 Å². The molecule has 0 amide bonds. The van der Waals surface area contributed by atoms with Gasteiger partial charge in [-0.25, -0.2) is 0 Å². The van der Waals surface area contributed by atoms with Crippen molar-refractivity contribution in [3.63, 3.8) is 0 Å². The number of hydrogen-bond donors (Lipinski definition) is 0. The van der Waals surface area contributed by atoms with Crippen LogP contribution in [0.5, 0.6) is 0 Å². The van der Waals surface area contributed by atoms with E-state index in [2.05, 4.69) is 22.8 Å². The van der Waals surface area contributed by atoms with Gasteiger partial charge in [0.15, 0.2) is 0 Å².